The lowest BCUT2D eigenvalue weighted by atomic mass is 10.1. The molecule has 0 bridgehead atoms. The minimum atomic E-state index is -1.46. The summed E-state index contributed by atoms with van der Waals surface area (Å²) in [4.78, 5) is 24.5. The van der Waals surface area contributed by atoms with Crippen LogP contribution in [0.25, 0.3) is 0 Å². The van der Waals surface area contributed by atoms with Crippen LogP contribution in [0.1, 0.15) is 20.7 Å². The molecule has 0 fully saturated rings. The lowest BCUT2D eigenvalue weighted by Gasteiger charge is -2.05. The Morgan fingerprint density at radius 2 is 2.36 bits per heavy atom. The van der Waals surface area contributed by atoms with Gasteiger partial charge in [0.05, 0.1) is 18.9 Å². The standard InChI is InChI=1S/C8H6FNO4/c1-14-7-6(8(12)13)4(3-11)5(9)2-10-7/h2-3H,1H3,(H,12,13). The highest BCUT2D eigenvalue weighted by Gasteiger charge is 2.21. The number of carbonyl (C=O) groups is 2. The number of carboxylic acid groups (broad SMARTS) is 1. The molecule has 5 nitrogen and oxygen atoms in total. The van der Waals surface area contributed by atoms with E-state index in [1.165, 1.54) is 7.11 Å². The van der Waals surface area contributed by atoms with E-state index in [2.05, 4.69) is 9.72 Å². The number of hydrogen-bond donors (Lipinski definition) is 1. The molecule has 74 valence electrons. The van der Waals surface area contributed by atoms with E-state index in [-0.39, 0.29) is 12.2 Å². The Bertz CT molecular complexity index is 391. The third-order valence-electron chi connectivity index (χ3n) is 1.56. The highest BCUT2D eigenvalue weighted by atomic mass is 19.1. The van der Waals surface area contributed by atoms with E-state index in [4.69, 9.17) is 5.11 Å². The van der Waals surface area contributed by atoms with Crippen LogP contribution in [0.15, 0.2) is 6.20 Å². The highest BCUT2D eigenvalue weighted by Crippen LogP contribution is 2.20. The molecule has 0 unspecified atom stereocenters. The fourth-order valence-electron chi connectivity index (χ4n) is 0.961. The Balaban J connectivity index is 3.51. The molecule has 0 amide bonds. The van der Waals surface area contributed by atoms with Gasteiger partial charge in [0, 0.05) is 0 Å². The van der Waals surface area contributed by atoms with Gasteiger partial charge in [0.1, 0.15) is 5.56 Å². The lowest BCUT2D eigenvalue weighted by Crippen LogP contribution is -2.08. The number of hydrogen-bond acceptors (Lipinski definition) is 4. The minimum Gasteiger partial charge on any atom is -0.480 e. The quantitative estimate of drug-likeness (QED) is 0.726. The summed E-state index contributed by atoms with van der Waals surface area (Å²) in [7, 11) is 1.18. The van der Waals surface area contributed by atoms with Gasteiger partial charge < -0.3 is 9.84 Å². The second-order valence-electron chi connectivity index (χ2n) is 2.33. The summed E-state index contributed by atoms with van der Waals surface area (Å²) in [5, 5.41) is 8.69. The van der Waals surface area contributed by atoms with Crippen LogP contribution in [0, 0.1) is 5.82 Å². The maximum Gasteiger partial charge on any atom is 0.342 e. The lowest BCUT2D eigenvalue weighted by molar-refractivity contribution is 0.0688. The van der Waals surface area contributed by atoms with Crippen molar-refractivity contribution in [1.29, 1.82) is 0 Å². The SMILES string of the molecule is COc1ncc(F)c(C=O)c1C(=O)O. The van der Waals surface area contributed by atoms with E-state index >= 15 is 0 Å². The molecule has 0 aliphatic heterocycles. The van der Waals surface area contributed by atoms with Crippen LogP contribution in [-0.2, 0) is 0 Å². The van der Waals surface area contributed by atoms with E-state index in [0.29, 0.717) is 0 Å². The molecule has 1 rings (SSSR count). The first-order valence-electron chi connectivity index (χ1n) is 3.52. The molecule has 0 aliphatic rings. The van der Waals surface area contributed by atoms with Gasteiger partial charge in [-0.2, -0.15) is 0 Å². The normalized spacial score (nSPS) is 9.57. The van der Waals surface area contributed by atoms with Crippen LogP contribution in [0.4, 0.5) is 4.39 Å². The molecule has 14 heavy (non-hydrogen) atoms. The summed E-state index contributed by atoms with van der Waals surface area (Å²) < 4.78 is 17.5. The van der Waals surface area contributed by atoms with E-state index in [9.17, 15) is 14.0 Å². The number of pyridine rings is 1. The van der Waals surface area contributed by atoms with Gasteiger partial charge in [-0.25, -0.2) is 14.2 Å². The highest BCUT2D eigenvalue weighted by molar-refractivity contribution is 5.99. The van der Waals surface area contributed by atoms with Gasteiger partial charge in [-0.1, -0.05) is 0 Å². The molecule has 0 radical (unpaired) electrons. The van der Waals surface area contributed by atoms with Crippen LogP contribution in [0.3, 0.4) is 0 Å². The molecule has 1 aromatic rings. The maximum absolute atomic E-state index is 12.9. The summed E-state index contributed by atoms with van der Waals surface area (Å²) in [5.74, 6) is -2.74. The van der Waals surface area contributed by atoms with Crippen LogP contribution in [-0.4, -0.2) is 29.5 Å². The Labute approximate surface area is 78.1 Å². The van der Waals surface area contributed by atoms with E-state index < -0.39 is 22.9 Å². The Morgan fingerprint density at radius 3 is 2.79 bits per heavy atom. The van der Waals surface area contributed by atoms with Crippen LogP contribution < -0.4 is 4.74 Å². The predicted octanol–water partition coefficient (Wildman–Crippen LogP) is 0.740. The Hall–Kier alpha value is -1.98. The third kappa shape index (κ3) is 1.54. The summed E-state index contributed by atoms with van der Waals surface area (Å²) >= 11 is 0. The first kappa shape index (κ1) is 10.1. The second-order valence-corrected chi connectivity index (χ2v) is 2.33. The van der Waals surface area contributed by atoms with Crippen molar-refractivity contribution in [2.24, 2.45) is 0 Å². The number of aldehydes is 1. The zero-order valence-corrected chi connectivity index (χ0v) is 7.15. The third-order valence-corrected chi connectivity index (χ3v) is 1.56. The topological polar surface area (TPSA) is 76.5 Å². The maximum atomic E-state index is 12.9. The molecule has 0 saturated carbocycles. The number of halogens is 1. The summed E-state index contributed by atoms with van der Waals surface area (Å²) in [5.41, 5.74) is -1.13. The first-order valence-corrected chi connectivity index (χ1v) is 3.52. The number of ether oxygens (including phenoxy) is 1. The van der Waals surface area contributed by atoms with E-state index in [1.807, 2.05) is 0 Å². The molecule has 6 heteroatoms. The number of carbonyl (C=O) groups excluding carboxylic acids is 1. The number of carboxylic acids is 1. The van der Waals surface area contributed by atoms with Crippen molar-refractivity contribution in [3.63, 3.8) is 0 Å². The van der Waals surface area contributed by atoms with E-state index in [0.717, 1.165) is 6.20 Å². The fraction of sp³-hybridized carbons (Fsp3) is 0.125. The van der Waals surface area contributed by atoms with Crippen LogP contribution in [0.5, 0.6) is 5.88 Å². The van der Waals surface area contributed by atoms with Gasteiger partial charge in [-0.15, -0.1) is 0 Å². The zero-order valence-electron chi connectivity index (χ0n) is 7.15. The van der Waals surface area contributed by atoms with Crippen molar-refractivity contribution < 1.29 is 23.8 Å². The van der Waals surface area contributed by atoms with Gasteiger partial charge in [-0.3, -0.25) is 4.79 Å². The number of aromatic nitrogens is 1. The van der Waals surface area contributed by atoms with Crippen LogP contribution in [0.2, 0.25) is 0 Å². The zero-order chi connectivity index (χ0) is 10.7. The van der Waals surface area contributed by atoms with Crippen LogP contribution >= 0.6 is 0 Å². The number of rotatable bonds is 3. The molecule has 0 aliphatic carbocycles. The van der Waals surface area contributed by atoms with Gasteiger partial charge >= 0.3 is 5.97 Å². The molecule has 0 atom stereocenters. The second kappa shape index (κ2) is 3.82. The molecular formula is C8H6FNO4. The summed E-state index contributed by atoms with van der Waals surface area (Å²) in [6.45, 7) is 0. The first-order chi connectivity index (χ1) is 6.61. The molecule has 0 spiro atoms. The van der Waals surface area contributed by atoms with Gasteiger partial charge in [-0.05, 0) is 0 Å². The largest absolute Gasteiger partial charge is 0.480 e. The van der Waals surface area contributed by atoms with Gasteiger partial charge in [0.15, 0.2) is 12.1 Å². The van der Waals surface area contributed by atoms with Crippen molar-refractivity contribution in [3.05, 3.63) is 23.1 Å². The smallest absolute Gasteiger partial charge is 0.342 e. The van der Waals surface area contributed by atoms with Gasteiger partial charge in [0.25, 0.3) is 0 Å². The fourth-order valence-corrected chi connectivity index (χ4v) is 0.961. The number of nitrogens with zero attached hydrogens (tertiary/aromatic N) is 1. The molecule has 1 aromatic heterocycles. The molecule has 0 saturated heterocycles. The molecule has 1 heterocycles. The van der Waals surface area contributed by atoms with Gasteiger partial charge in [0.2, 0.25) is 5.88 Å². The van der Waals surface area contributed by atoms with Crippen molar-refractivity contribution in [2.75, 3.05) is 7.11 Å². The van der Waals surface area contributed by atoms with Crippen molar-refractivity contribution in [2.45, 2.75) is 0 Å². The van der Waals surface area contributed by atoms with Crippen molar-refractivity contribution >= 4 is 12.3 Å². The average Bonchev–Trinajstić information content (AvgIpc) is 2.17. The predicted molar refractivity (Wildman–Crippen MR) is 43.1 cm³/mol. The minimum absolute atomic E-state index is 0.114. The Morgan fingerprint density at radius 1 is 1.71 bits per heavy atom. The number of aromatic carboxylic acids is 1. The monoisotopic (exact) mass is 199 g/mol. The molecule has 1 N–H and O–H groups in total. The molecule has 0 aromatic carbocycles. The van der Waals surface area contributed by atoms with E-state index in [1.54, 1.807) is 0 Å². The average molecular weight is 199 g/mol. The number of methoxy groups -OCH3 is 1. The van der Waals surface area contributed by atoms with Crippen molar-refractivity contribution in [1.82, 2.24) is 4.98 Å². The Kier molecular flexibility index (Phi) is 2.76. The summed E-state index contributed by atoms with van der Waals surface area (Å²) in [6, 6.07) is 0. The summed E-state index contributed by atoms with van der Waals surface area (Å²) in [6.07, 6.45) is 0.845. The molecular weight excluding hydrogens is 193 g/mol. The van der Waals surface area contributed by atoms with Crippen molar-refractivity contribution in [3.8, 4) is 5.88 Å².